The molecule has 1 aromatic rings. The summed E-state index contributed by atoms with van der Waals surface area (Å²) in [5, 5.41) is 3.31. The third-order valence-electron chi connectivity index (χ3n) is 3.28. The minimum absolute atomic E-state index is 0.0714. The Labute approximate surface area is 109 Å². The van der Waals surface area contributed by atoms with Gasteiger partial charge >= 0.3 is 0 Å². The van der Waals surface area contributed by atoms with E-state index in [0.29, 0.717) is 13.2 Å². The highest BCUT2D eigenvalue weighted by atomic mass is 16.6. The lowest BCUT2D eigenvalue weighted by molar-refractivity contribution is 0.171. The Hall–Kier alpha value is -1.42. The molecule has 0 amide bonds. The minimum Gasteiger partial charge on any atom is -0.486 e. The van der Waals surface area contributed by atoms with Crippen LogP contribution in [0.2, 0.25) is 0 Å². The van der Waals surface area contributed by atoms with Gasteiger partial charge in [-0.05, 0) is 33.0 Å². The smallest absolute Gasteiger partial charge is 0.163 e. The number of ether oxygens (including phenoxy) is 2. The summed E-state index contributed by atoms with van der Waals surface area (Å²) in [6.45, 7) is 6.54. The Kier molecular flexibility index (Phi) is 3.66. The number of benzene rings is 1. The second-order valence-electron chi connectivity index (χ2n) is 5.32. The van der Waals surface area contributed by atoms with Crippen molar-refractivity contribution in [2.24, 2.45) is 0 Å². The second kappa shape index (κ2) is 5.06. The fourth-order valence-corrected chi connectivity index (χ4v) is 2.03. The molecule has 0 fully saturated rings. The molecule has 0 saturated carbocycles. The quantitative estimate of drug-likeness (QED) is 0.885. The maximum atomic E-state index is 5.60. The SMILES string of the molecule is CNC(C)(C)CN(C)c1ccc2c(c1)OCCO2. The van der Waals surface area contributed by atoms with Gasteiger partial charge in [-0.15, -0.1) is 0 Å². The molecule has 0 radical (unpaired) electrons. The molecular weight excluding hydrogens is 228 g/mol. The van der Waals surface area contributed by atoms with Gasteiger partial charge in [0, 0.05) is 30.9 Å². The largest absolute Gasteiger partial charge is 0.486 e. The third kappa shape index (κ3) is 2.88. The first-order valence-corrected chi connectivity index (χ1v) is 6.31. The Morgan fingerprint density at radius 3 is 2.56 bits per heavy atom. The van der Waals surface area contributed by atoms with E-state index in [4.69, 9.17) is 9.47 Å². The van der Waals surface area contributed by atoms with Gasteiger partial charge < -0.3 is 19.7 Å². The highest BCUT2D eigenvalue weighted by molar-refractivity contribution is 5.56. The number of nitrogens with zero attached hydrogens (tertiary/aromatic N) is 1. The molecule has 18 heavy (non-hydrogen) atoms. The molecule has 1 aliphatic rings. The summed E-state index contributed by atoms with van der Waals surface area (Å²) in [4.78, 5) is 2.22. The van der Waals surface area contributed by atoms with E-state index in [2.05, 4.69) is 37.2 Å². The lowest BCUT2D eigenvalue weighted by atomic mass is 10.1. The van der Waals surface area contributed by atoms with Crippen molar-refractivity contribution >= 4 is 5.69 Å². The molecule has 1 aromatic carbocycles. The number of likely N-dealkylation sites (N-methyl/N-ethyl adjacent to an activating group) is 2. The van der Waals surface area contributed by atoms with Gasteiger partial charge in [0.05, 0.1) is 0 Å². The first kappa shape index (κ1) is 13.0. The zero-order valence-electron chi connectivity index (χ0n) is 11.6. The Morgan fingerprint density at radius 2 is 1.89 bits per heavy atom. The molecule has 1 aliphatic heterocycles. The maximum Gasteiger partial charge on any atom is 0.163 e. The summed E-state index contributed by atoms with van der Waals surface area (Å²) >= 11 is 0. The van der Waals surface area contributed by atoms with Crippen LogP contribution in [0.1, 0.15) is 13.8 Å². The molecule has 1 heterocycles. The predicted molar refractivity (Wildman–Crippen MR) is 73.8 cm³/mol. The normalized spacial score (nSPS) is 14.4. The molecular formula is C14H22N2O2. The molecule has 0 unspecified atom stereocenters. The number of rotatable bonds is 4. The van der Waals surface area contributed by atoms with E-state index in [9.17, 15) is 0 Å². The van der Waals surface area contributed by atoms with Gasteiger partial charge in [0.2, 0.25) is 0 Å². The van der Waals surface area contributed by atoms with Crippen LogP contribution in [-0.4, -0.2) is 39.4 Å². The average Bonchev–Trinajstić information content (AvgIpc) is 2.37. The van der Waals surface area contributed by atoms with Gasteiger partial charge in [0.1, 0.15) is 13.2 Å². The Balaban J connectivity index is 2.13. The first-order chi connectivity index (χ1) is 8.52. The van der Waals surface area contributed by atoms with E-state index in [0.717, 1.165) is 23.7 Å². The van der Waals surface area contributed by atoms with Crippen molar-refractivity contribution in [1.82, 2.24) is 5.32 Å². The summed E-state index contributed by atoms with van der Waals surface area (Å²) in [6, 6.07) is 6.09. The average molecular weight is 250 g/mol. The van der Waals surface area contributed by atoms with E-state index in [1.165, 1.54) is 0 Å². The summed E-state index contributed by atoms with van der Waals surface area (Å²) < 4.78 is 11.1. The van der Waals surface area contributed by atoms with Gasteiger partial charge in [-0.25, -0.2) is 0 Å². The van der Waals surface area contributed by atoms with Gasteiger partial charge in [-0.3, -0.25) is 0 Å². The van der Waals surface area contributed by atoms with Gasteiger partial charge in [-0.2, -0.15) is 0 Å². The molecule has 0 spiro atoms. The molecule has 0 saturated heterocycles. The van der Waals surface area contributed by atoms with Crippen LogP contribution in [0.25, 0.3) is 0 Å². The van der Waals surface area contributed by atoms with Crippen LogP contribution in [0.5, 0.6) is 11.5 Å². The first-order valence-electron chi connectivity index (χ1n) is 6.31. The standard InChI is InChI=1S/C14H22N2O2/c1-14(2,15-3)10-16(4)11-5-6-12-13(9-11)18-8-7-17-12/h5-6,9,15H,7-8,10H2,1-4H3. The monoisotopic (exact) mass is 250 g/mol. The molecule has 100 valence electrons. The maximum absolute atomic E-state index is 5.60. The number of hydrogen-bond donors (Lipinski definition) is 1. The van der Waals surface area contributed by atoms with E-state index >= 15 is 0 Å². The molecule has 4 nitrogen and oxygen atoms in total. The zero-order valence-corrected chi connectivity index (χ0v) is 11.6. The fraction of sp³-hybridized carbons (Fsp3) is 0.571. The topological polar surface area (TPSA) is 33.7 Å². The van der Waals surface area contributed by atoms with E-state index in [-0.39, 0.29) is 5.54 Å². The van der Waals surface area contributed by atoms with E-state index in [1.807, 2.05) is 19.2 Å². The van der Waals surface area contributed by atoms with Gasteiger partial charge in [0.25, 0.3) is 0 Å². The van der Waals surface area contributed by atoms with Crippen LogP contribution < -0.4 is 19.7 Å². The van der Waals surface area contributed by atoms with Crippen LogP contribution >= 0.6 is 0 Å². The highest BCUT2D eigenvalue weighted by Gasteiger charge is 2.19. The van der Waals surface area contributed by atoms with Crippen molar-refractivity contribution in [3.63, 3.8) is 0 Å². The highest BCUT2D eigenvalue weighted by Crippen LogP contribution is 2.33. The van der Waals surface area contributed by atoms with Crippen molar-refractivity contribution in [3.8, 4) is 11.5 Å². The van der Waals surface area contributed by atoms with Crippen LogP contribution in [0.4, 0.5) is 5.69 Å². The molecule has 0 atom stereocenters. The number of fused-ring (bicyclic) bond motifs is 1. The van der Waals surface area contributed by atoms with Crippen LogP contribution in [0.15, 0.2) is 18.2 Å². The van der Waals surface area contributed by atoms with Gasteiger partial charge in [-0.1, -0.05) is 0 Å². The Bertz CT molecular complexity index is 418. The van der Waals surface area contributed by atoms with Crippen LogP contribution in [0, 0.1) is 0 Å². The van der Waals surface area contributed by atoms with Crippen LogP contribution in [0.3, 0.4) is 0 Å². The van der Waals surface area contributed by atoms with Crippen molar-refractivity contribution in [2.45, 2.75) is 19.4 Å². The summed E-state index contributed by atoms with van der Waals surface area (Å²) in [5.74, 6) is 1.68. The number of nitrogens with one attached hydrogen (secondary N) is 1. The molecule has 4 heteroatoms. The number of hydrogen-bond acceptors (Lipinski definition) is 4. The molecule has 2 rings (SSSR count). The molecule has 0 aliphatic carbocycles. The van der Waals surface area contributed by atoms with Crippen LogP contribution in [-0.2, 0) is 0 Å². The second-order valence-corrected chi connectivity index (χ2v) is 5.32. The van der Waals surface area contributed by atoms with E-state index in [1.54, 1.807) is 0 Å². The molecule has 0 aromatic heterocycles. The van der Waals surface area contributed by atoms with Gasteiger partial charge in [0.15, 0.2) is 11.5 Å². The third-order valence-corrected chi connectivity index (χ3v) is 3.28. The van der Waals surface area contributed by atoms with Crippen molar-refractivity contribution in [1.29, 1.82) is 0 Å². The molecule has 1 N–H and O–H groups in total. The predicted octanol–water partition coefficient (Wildman–Crippen LogP) is 1.89. The Morgan fingerprint density at radius 1 is 1.22 bits per heavy atom. The van der Waals surface area contributed by atoms with E-state index < -0.39 is 0 Å². The van der Waals surface area contributed by atoms with Crippen molar-refractivity contribution in [2.75, 3.05) is 38.8 Å². The zero-order chi connectivity index (χ0) is 13.2. The fourth-order valence-electron chi connectivity index (χ4n) is 2.03. The summed E-state index contributed by atoms with van der Waals surface area (Å²) in [7, 11) is 4.07. The molecule has 0 bridgehead atoms. The lowest BCUT2D eigenvalue weighted by Gasteiger charge is -2.32. The lowest BCUT2D eigenvalue weighted by Crippen LogP contribution is -2.46. The summed E-state index contributed by atoms with van der Waals surface area (Å²) in [6.07, 6.45) is 0. The number of anilines is 1. The van der Waals surface area contributed by atoms with Crippen molar-refractivity contribution in [3.05, 3.63) is 18.2 Å². The van der Waals surface area contributed by atoms with Crippen molar-refractivity contribution < 1.29 is 9.47 Å². The summed E-state index contributed by atoms with van der Waals surface area (Å²) in [5.41, 5.74) is 1.21. The minimum atomic E-state index is 0.0714.